The zero-order valence-corrected chi connectivity index (χ0v) is 13.2. The van der Waals surface area contributed by atoms with E-state index < -0.39 is 0 Å². The summed E-state index contributed by atoms with van der Waals surface area (Å²) in [5.74, 6) is -0.0917. The van der Waals surface area contributed by atoms with E-state index in [1.807, 2.05) is 25.7 Å². The van der Waals surface area contributed by atoms with Crippen molar-refractivity contribution in [3.63, 3.8) is 0 Å². The van der Waals surface area contributed by atoms with E-state index in [2.05, 4.69) is 4.90 Å². The lowest BCUT2D eigenvalue weighted by molar-refractivity contribution is -0.148. The zero-order chi connectivity index (χ0) is 15.6. The van der Waals surface area contributed by atoms with Gasteiger partial charge in [0.1, 0.15) is 0 Å². The largest absolute Gasteiger partial charge is 0.372 e. The van der Waals surface area contributed by atoms with Gasteiger partial charge in [0.15, 0.2) is 0 Å². The maximum Gasteiger partial charge on any atom is 0.239 e. The van der Waals surface area contributed by atoms with E-state index in [-0.39, 0.29) is 36.0 Å². The minimum atomic E-state index is -0.218. The number of likely N-dealkylation sites (tertiary alicyclic amines) is 1. The smallest absolute Gasteiger partial charge is 0.239 e. The zero-order valence-electron chi connectivity index (χ0n) is 13.2. The number of hydrogen-bond acceptors (Lipinski definition) is 4. The Morgan fingerprint density at radius 2 is 1.67 bits per heavy atom. The number of piperidine rings is 1. The molecular weight excluding hydrogens is 270 g/mol. The maximum atomic E-state index is 12.6. The molecule has 2 N–H and O–H groups in total. The Balaban J connectivity index is 1.89. The van der Waals surface area contributed by atoms with Gasteiger partial charge in [-0.1, -0.05) is 0 Å². The van der Waals surface area contributed by atoms with Crippen LogP contribution in [0.4, 0.5) is 0 Å². The molecule has 2 amide bonds. The second-order valence-electron chi connectivity index (χ2n) is 6.39. The first-order valence-electron chi connectivity index (χ1n) is 7.86. The van der Waals surface area contributed by atoms with Crippen molar-refractivity contribution in [1.82, 2.24) is 9.80 Å². The standard InChI is InChI=1S/C15H27N3O3/c1-10-8-18(9-11(2)21-10)15(20)12(3)17-6-4-13(5-7-17)14(16)19/h10-13H,4-9H2,1-3H3,(H2,16,19). The van der Waals surface area contributed by atoms with Gasteiger partial charge in [-0.15, -0.1) is 0 Å². The van der Waals surface area contributed by atoms with Crippen LogP contribution >= 0.6 is 0 Å². The summed E-state index contributed by atoms with van der Waals surface area (Å²) in [4.78, 5) is 27.9. The second kappa shape index (κ2) is 6.75. The molecular formula is C15H27N3O3. The molecule has 2 saturated heterocycles. The molecule has 21 heavy (non-hydrogen) atoms. The van der Waals surface area contributed by atoms with Gasteiger partial charge in [0.2, 0.25) is 11.8 Å². The number of carbonyl (C=O) groups excluding carboxylic acids is 2. The van der Waals surface area contributed by atoms with Crippen molar-refractivity contribution in [2.75, 3.05) is 26.2 Å². The first-order valence-corrected chi connectivity index (χ1v) is 7.86. The molecule has 2 aliphatic heterocycles. The summed E-state index contributed by atoms with van der Waals surface area (Å²) in [7, 11) is 0. The molecule has 3 atom stereocenters. The highest BCUT2D eigenvalue weighted by atomic mass is 16.5. The van der Waals surface area contributed by atoms with Crippen LogP contribution in [0.5, 0.6) is 0 Å². The molecule has 120 valence electrons. The fraction of sp³-hybridized carbons (Fsp3) is 0.867. The van der Waals surface area contributed by atoms with Crippen molar-refractivity contribution in [2.45, 2.75) is 51.9 Å². The van der Waals surface area contributed by atoms with Crippen LogP contribution in [0.25, 0.3) is 0 Å². The Labute approximate surface area is 126 Å². The molecule has 0 aliphatic carbocycles. The molecule has 0 aromatic heterocycles. The third-order valence-corrected chi connectivity index (χ3v) is 4.57. The predicted octanol–water partition coefficient (Wildman–Crippen LogP) is 0.208. The predicted molar refractivity (Wildman–Crippen MR) is 79.5 cm³/mol. The third-order valence-electron chi connectivity index (χ3n) is 4.57. The Bertz CT molecular complexity index is 384. The Morgan fingerprint density at radius 1 is 1.14 bits per heavy atom. The molecule has 2 aliphatic rings. The fourth-order valence-corrected chi connectivity index (χ4v) is 3.35. The average Bonchev–Trinajstić information content (AvgIpc) is 2.44. The normalized spacial score (nSPS) is 30.1. The molecule has 0 bridgehead atoms. The SMILES string of the molecule is CC1CN(C(=O)C(C)N2CCC(C(N)=O)CC2)CC(C)O1. The average molecular weight is 297 g/mol. The van der Waals surface area contributed by atoms with Crippen molar-refractivity contribution in [2.24, 2.45) is 11.7 Å². The van der Waals surface area contributed by atoms with E-state index >= 15 is 0 Å². The summed E-state index contributed by atoms with van der Waals surface area (Å²) in [6.07, 6.45) is 1.68. The van der Waals surface area contributed by atoms with Gasteiger partial charge >= 0.3 is 0 Å². The minimum absolute atomic E-state index is 0.0352. The van der Waals surface area contributed by atoms with E-state index in [0.717, 1.165) is 25.9 Å². The number of rotatable bonds is 3. The van der Waals surface area contributed by atoms with Gasteiger partial charge < -0.3 is 15.4 Å². The van der Waals surface area contributed by atoms with Crippen LogP contribution in [0.1, 0.15) is 33.6 Å². The summed E-state index contributed by atoms with van der Waals surface area (Å²) >= 11 is 0. The van der Waals surface area contributed by atoms with Gasteiger partial charge in [-0.05, 0) is 46.7 Å². The summed E-state index contributed by atoms with van der Waals surface area (Å²) in [6.45, 7) is 8.79. The van der Waals surface area contributed by atoms with Gasteiger partial charge in [0.25, 0.3) is 0 Å². The van der Waals surface area contributed by atoms with E-state index in [1.165, 1.54) is 0 Å². The van der Waals surface area contributed by atoms with E-state index in [0.29, 0.717) is 13.1 Å². The Hall–Kier alpha value is -1.14. The number of nitrogens with zero attached hydrogens (tertiary/aromatic N) is 2. The highest BCUT2D eigenvalue weighted by Gasteiger charge is 2.33. The van der Waals surface area contributed by atoms with Crippen LogP contribution < -0.4 is 5.73 Å². The highest BCUT2D eigenvalue weighted by Crippen LogP contribution is 2.20. The number of ether oxygens (including phenoxy) is 1. The minimum Gasteiger partial charge on any atom is -0.372 e. The lowest BCUT2D eigenvalue weighted by Crippen LogP contribution is -2.55. The lowest BCUT2D eigenvalue weighted by Gasteiger charge is -2.40. The van der Waals surface area contributed by atoms with Crippen molar-refractivity contribution >= 4 is 11.8 Å². The van der Waals surface area contributed by atoms with Gasteiger partial charge in [-0.3, -0.25) is 14.5 Å². The number of morpholine rings is 1. The quantitative estimate of drug-likeness (QED) is 0.808. The van der Waals surface area contributed by atoms with Crippen LogP contribution in [-0.4, -0.2) is 66.0 Å². The van der Waals surface area contributed by atoms with Crippen molar-refractivity contribution in [3.05, 3.63) is 0 Å². The van der Waals surface area contributed by atoms with Crippen molar-refractivity contribution < 1.29 is 14.3 Å². The number of primary amides is 1. The van der Waals surface area contributed by atoms with Gasteiger partial charge in [0.05, 0.1) is 18.2 Å². The van der Waals surface area contributed by atoms with E-state index in [9.17, 15) is 9.59 Å². The summed E-state index contributed by atoms with van der Waals surface area (Å²) in [5.41, 5.74) is 5.35. The van der Waals surface area contributed by atoms with Crippen molar-refractivity contribution in [1.29, 1.82) is 0 Å². The van der Waals surface area contributed by atoms with Crippen LogP contribution in [0, 0.1) is 5.92 Å². The number of hydrogen-bond donors (Lipinski definition) is 1. The maximum absolute atomic E-state index is 12.6. The molecule has 0 spiro atoms. The van der Waals surface area contributed by atoms with Crippen LogP contribution in [0.15, 0.2) is 0 Å². The molecule has 0 radical (unpaired) electrons. The van der Waals surface area contributed by atoms with Gasteiger partial charge in [-0.25, -0.2) is 0 Å². The number of carbonyl (C=O) groups is 2. The van der Waals surface area contributed by atoms with Gasteiger partial charge in [-0.2, -0.15) is 0 Å². The molecule has 2 rings (SSSR count). The first kappa shape index (κ1) is 16.2. The fourth-order valence-electron chi connectivity index (χ4n) is 3.35. The molecule has 2 heterocycles. The molecule has 6 nitrogen and oxygen atoms in total. The highest BCUT2D eigenvalue weighted by molar-refractivity contribution is 5.82. The van der Waals surface area contributed by atoms with E-state index in [1.54, 1.807) is 0 Å². The van der Waals surface area contributed by atoms with E-state index in [4.69, 9.17) is 10.5 Å². The van der Waals surface area contributed by atoms with Crippen molar-refractivity contribution in [3.8, 4) is 0 Å². The van der Waals surface area contributed by atoms with Crippen LogP contribution in [0.2, 0.25) is 0 Å². The third kappa shape index (κ3) is 3.95. The van der Waals surface area contributed by atoms with Crippen LogP contribution in [-0.2, 0) is 14.3 Å². The second-order valence-corrected chi connectivity index (χ2v) is 6.39. The molecule has 2 fully saturated rings. The molecule has 0 aromatic carbocycles. The first-order chi connectivity index (χ1) is 9.88. The Kier molecular flexibility index (Phi) is 5.22. The molecule has 6 heteroatoms. The summed E-state index contributed by atoms with van der Waals surface area (Å²) < 4.78 is 5.67. The monoisotopic (exact) mass is 297 g/mol. The molecule has 0 aromatic rings. The topological polar surface area (TPSA) is 75.9 Å². The Morgan fingerprint density at radius 3 is 2.14 bits per heavy atom. The summed E-state index contributed by atoms with van der Waals surface area (Å²) in [5, 5.41) is 0. The summed E-state index contributed by atoms with van der Waals surface area (Å²) in [6, 6.07) is -0.142. The number of nitrogens with two attached hydrogens (primary N) is 1. The lowest BCUT2D eigenvalue weighted by atomic mass is 9.95. The molecule has 3 unspecified atom stereocenters. The molecule has 0 saturated carbocycles. The van der Waals surface area contributed by atoms with Crippen LogP contribution in [0.3, 0.4) is 0 Å². The van der Waals surface area contributed by atoms with Gasteiger partial charge in [0, 0.05) is 19.0 Å². The number of amides is 2.